The number of sulfonamides is 1. The lowest BCUT2D eigenvalue weighted by Crippen LogP contribution is -2.63. The molecule has 0 radical (unpaired) electrons. The van der Waals surface area contributed by atoms with Crippen molar-refractivity contribution in [1.29, 1.82) is 5.26 Å². The summed E-state index contributed by atoms with van der Waals surface area (Å²) in [6.07, 6.45) is 8.03. The van der Waals surface area contributed by atoms with Crippen LogP contribution in [-0.2, 0) is 27.0 Å². The molecule has 0 aliphatic carbocycles. The molecule has 4 rings (SSSR count). The van der Waals surface area contributed by atoms with E-state index in [9.17, 15) is 13.7 Å². The van der Waals surface area contributed by atoms with Gasteiger partial charge in [0.25, 0.3) is 0 Å². The van der Waals surface area contributed by atoms with Crippen LogP contribution in [0.4, 0.5) is 0 Å². The van der Waals surface area contributed by atoms with E-state index in [0.29, 0.717) is 19.8 Å². The Morgan fingerprint density at radius 3 is 2.65 bits per heavy atom. The van der Waals surface area contributed by atoms with Gasteiger partial charge in [0.2, 0.25) is 10.0 Å². The highest BCUT2D eigenvalue weighted by atomic mass is 32.2. The molecular formula is C24H33N5O3SSi. The van der Waals surface area contributed by atoms with Crippen molar-refractivity contribution in [2.24, 2.45) is 0 Å². The van der Waals surface area contributed by atoms with E-state index in [0.717, 1.165) is 34.8 Å². The highest BCUT2D eigenvalue weighted by Gasteiger charge is 2.48. The number of ether oxygens (including phenoxy) is 1. The third kappa shape index (κ3) is 4.84. The largest absolute Gasteiger partial charge is 0.361 e. The van der Waals surface area contributed by atoms with Crippen LogP contribution in [0.1, 0.15) is 13.3 Å². The molecule has 1 fully saturated rings. The van der Waals surface area contributed by atoms with Crippen molar-refractivity contribution in [2.45, 2.75) is 51.3 Å². The van der Waals surface area contributed by atoms with E-state index in [1.54, 1.807) is 13.1 Å². The van der Waals surface area contributed by atoms with Gasteiger partial charge in [0.1, 0.15) is 12.4 Å². The van der Waals surface area contributed by atoms with E-state index in [4.69, 9.17) is 4.74 Å². The van der Waals surface area contributed by atoms with Gasteiger partial charge in [0.05, 0.1) is 23.8 Å². The highest BCUT2D eigenvalue weighted by molar-refractivity contribution is 7.89. The van der Waals surface area contributed by atoms with Crippen LogP contribution in [0, 0.1) is 11.3 Å². The Morgan fingerprint density at radius 1 is 1.21 bits per heavy atom. The molecule has 0 amide bonds. The zero-order chi connectivity index (χ0) is 24.6. The average Bonchev–Trinajstić information content (AvgIpc) is 3.40. The molecule has 0 atom stereocenters. The Bertz CT molecular complexity index is 1310. The Morgan fingerprint density at radius 2 is 1.97 bits per heavy atom. The monoisotopic (exact) mass is 499 g/mol. The summed E-state index contributed by atoms with van der Waals surface area (Å²) in [4.78, 5) is 4.58. The number of nitriles is 1. The summed E-state index contributed by atoms with van der Waals surface area (Å²) < 4.78 is 35.9. The van der Waals surface area contributed by atoms with Gasteiger partial charge in [-0.2, -0.15) is 9.57 Å². The summed E-state index contributed by atoms with van der Waals surface area (Å²) in [6.45, 7) is 10.5. The molecule has 1 aliphatic rings. The van der Waals surface area contributed by atoms with Gasteiger partial charge in [-0.15, -0.1) is 0 Å². The van der Waals surface area contributed by atoms with Gasteiger partial charge in [-0.05, 0) is 36.7 Å². The Balaban J connectivity index is 1.55. The van der Waals surface area contributed by atoms with Gasteiger partial charge in [0.15, 0.2) is 0 Å². The third-order valence-electron chi connectivity index (χ3n) is 6.55. The minimum Gasteiger partial charge on any atom is -0.361 e. The normalized spacial score (nSPS) is 16.4. The van der Waals surface area contributed by atoms with Crippen molar-refractivity contribution < 1.29 is 13.2 Å². The predicted molar refractivity (Wildman–Crippen MR) is 137 cm³/mol. The van der Waals surface area contributed by atoms with Crippen molar-refractivity contribution in [2.75, 3.05) is 25.4 Å². The first-order valence-corrected chi connectivity index (χ1v) is 17.0. The summed E-state index contributed by atoms with van der Waals surface area (Å²) in [5.41, 5.74) is 2.40. The molecule has 0 aromatic carbocycles. The first-order valence-electron chi connectivity index (χ1n) is 11.6. The van der Waals surface area contributed by atoms with Gasteiger partial charge < -0.3 is 13.9 Å². The number of aromatic nitrogens is 3. The quantitative estimate of drug-likeness (QED) is 0.309. The summed E-state index contributed by atoms with van der Waals surface area (Å²) in [5.74, 6) is 0.0698. The standard InChI is InChI=1S/C24H33N5O3SSi/c1-5-33(30,31)29-17-24(18-29,9-10-25)28-13-7-20(16-28)21-6-11-26-23-22(21)8-12-27(23)19-32-14-15-34(2,3)4/h6-8,11-13,16H,5,9,14-15,17-19H2,1-4H3. The number of fused-ring (bicyclic) bond motifs is 1. The number of rotatable bonds is 10. The lowest BCUT2D eigenvalue weighted by molar-refractivity contribution is 0.0851. The number of hydrogen-bond donors (Lipinski definition) is 0. The SMILES string of the molecule is CCS(=O)(=O)N1CC(CC#N)(n2ccc(-c3ccnc4c3ccn4COCC[Si](C)(C)C)c2)C1. The molecule has 0 saturated carbocycles. The Kier molecular flexibility index (Phi) is 6.75. The first kappa shape index (κ1) is 24.7. The maximum atomic E-state index is 12.2. The van der Waals surface area contributed by atoms with Gasteiger partial charge in [0, 0.05) is 63.5 Å². The van der Waals surface area contributed by atoms with Gasteiger partial charge >= 0.3 is 0 Å². The first-order chi connectivity index (χ1) is 16.1. The molecular weight excluding hydrogens is 466 g/mol. The van der Waals surface area contributed by atoms with Crippen molar-refractivity contribution in [3.8, 4) is 17.2 Å². The van der Waals surface area contributed by atoms with E-state index in [-0.39, 0.29) is 12.2 Å². The molecule has 8 nitrogen and oxygen atoms in total. The van der Waals surface area contributed by atoms with E-state index < -0.39 is 23.6 Å². The number of nitrogens with zero attached hydrogens (tertiary/aromatic N) is 5. The molecule has 10 heteroatoms. The zero-order valence-corrected chi connectivity index (χ0v) is 22.2. The zero-order valence-electron chi connectivity index (χ0n) is 20.4. The van der Waals surface area contributed by atoms with E-state index in [1.165, 1.54) is 4.31 Å². The van der Waals surface area contributed by atoms with Crippen LogP contribution in [0.15, 0.2) is 43.0 Å². The molecule has 3 aromatic heterocycles. The maximum absolute atomic E-state index is 12.2. The van der Waals surface area contributed by atoms with Crippen LogP contribution in [0.25, 0.3) is 22.2 Å². The fourth-order valence-electron chi connectivity index (χ4n) is 4.34. The van der Waals surface area contributed by atoms with Crippen molar-refractivity contribution >= 4 is 29.1 Å². The molecule has 0 unspecified atom stereocenters. The summed E-state index contributed by atoms with van der Waals surface area (Å²) >= 11 is 0. The predicted octanol–water partition coefficient (Wildman–Crippen LogP) is 4.09. The number of hydrogen-bond acceptors (Lipinski definition) is 5. The average molecular weight is 500 g/mol. The smallest absolute Gasteiger partial charge is 0.213 e. The fourth-order valence-corrected chi connectivity index (χ4v) is 6.34. The van der Waals surface area contributed by atoms with Gasteiger partial charge in [-0.1, -0.05) is 19.6 Å². The molecule has 4 heterocycles. The molecule has 182 valence electrons. The molecule has 34 heavy (non-hydrogen) atoms. The van der Waals surface area contributed by atoms with E-state index in [2.05, 4.69) is 36.8 Å². The van der Waals surface area contributed by atoms with Crippen LogP contribution >= 0.6 is 0 Å². The van der Waals surface area contributed by atoms with E-state index >= 15 is 0 Å². The van der Waals surface area contributed by atoms with E-state index in [1.807, 2.05) is 39.9 Å². The van der Waals surface area contributed by atoms with Crippen molar-refractivity contribution in [3.05, 3.63) is 43.0 Å². The second-order valence-corrected chi connectivity index (χ2v) is 18.1. The topological polar surface area (TPSA) is 93.1 Å². The molecule has 0 spiro atoms. The third-order valence-corrected chi connectivity index (χ3v) is 10.0. The van der Waals surface area contributed by atoms with Gasteiger partial charge in [-0.3, -0.25) is 0 Å². The minimum absolute atomic E-state index is 0.0698. The summed E-state index contributed by atoms with van der Waals surface area (Å²) in [6, 6.07) is 9.44. The highest BCUT2D eigenvalue weighted by Crippen LogP contribution is 2.37. The lowest BCUT2D eigenvalue weighted by Gasteiger charge is -2.48. The molecule has 1 saturated heterocycles. The van der Waals surface area contributed by atoms with Crippen molar-refractivity contribution in [1.82, 2.24) is 18.4 Å². The van der Waals surface area contributed by atoms with Crippen LogP contribution in [0.2, 0.25) is 25.7 Å². The van der Waals surface area contributed by atoms with Crippen LogP contribution in [-0.4, -0.2) is 60.4 Å². The maximum Gasteiger partial charge on any atom is 0.213 e. The fraction of sp³-hybridized carbons (Fsp3) is 0.500. The molecule has 3 aromatic rings. The molecule has 0 N–H and O–H groups in total. The summed E-state index contributed by atoms with van der Waals surface area (Å²) in [5, 5.41) is 10.5. The van der Waals surface area contributed by atoms with Crippen LogP contribution < -0.4 is 0 Å². The van der Waals surface area contributed by atoms with Gasteiger partial charge in [-0.25, -0.2) is 13.4 Å². The second kappa shape index (κ2) is 9.30. The number of pyridine rings is 1. The second-order valence-electron chi connectivity index (χ2n) is 10.3. The van der Waals surface area contributed by atoms with Crippen LogP contribution in [0.3, 0.4) is 0 Å². The summed E-state index contributed by atoms with van der Waals surface area (Å²) in [7, 11) is -4.39. The van der Waals surface area contributed by atoms with Crippen LogP contribution in [0.5, 0.6) is 0 Å². The molecule has 0 bridgehead atoms. The Hall–Kier alpha value is -2.45. The van der Waals surface area contributed by atoms with Crippen molar-refractivity contribution in [3.63, 3.8) is 0 Å². The lowest BCUT2D eigenvalue weighted by atomic mass is 9.89. The molecule has 1 aliphatic heterocycles. The Labute approximate surface area is 202 Å². The minimum atomic E-state index is -3.26.